The molecule has 0 spiro atoms. The average Bonchev–Trinajstić information content (AvgIpc) is 2.05. The Morgan fingerprint density at radius 3 is 3.00 bits per heavy atom. The van der Waals surface area contributed by atoms with E-state index in [4.69, 9.17) is 16.9 Å². The molecule has 0 bridgehead atoms. The molecular formula is C9H8ClNS. The van der Waals surface area contributed by atoms with Gasteiger partial charge in [-0.15, -0.1) is 11.8 Å². The number of hydrogen-bond donors (Lipinski definition) is 0. The molecule has 0 N–H and O–H groups in total. The standard InChI is InChI=1S/C9H8ClNS/c10-9-3-1-2-8(6-9)7-12-5-4-11/h1-3,6H,5,7H2. The normalized spacial score (nSPS) is 9.33. The van der Waals surface area contributed by atoms with Crippen molar-refractivity contribution in [3.63, 3.8) is 0 Å². The molecule has 0 atom stereocenters. The first-order chi connectivity index (χ1) is 5.83. The van der Waals surface area contributed by atoms with Crippen LogP contribution in [0.5, 0.6) is 0 Å². The average molecular weight is 198 g/mol. The van der Waals surface area contributed by atoms with Crippen LogP contribution in [-0.2, 0) is 5.75 Å². The van der Waals surface area contributed by atoms with Crippen molar-refractivity contribution in [3.05, 3.63) is 34.9 Å². The molecule has 1 aromatic rings. The van der Waals surface area contributed by atoms with Crippen molar-refractivity contribution >= 4 is 23.4 Å². The Labute approximate surface area is 81.3 Å². The van der Waals surface area contributed by atoms with Gasteiger partial charge in [0.15, 0.2) is 0 Å². The SMILES string of the molecule is N#CCSCc1cccc(Cl)c1. The summed E-state index contributed by atoms with van der Waals surface area (Å²) in [5.74, 6) is 1.39. The van der Waals surface area contributed by atoms with Crippen LogP contribution in [0.3, 0.4) is 0 Å². The van der Waals surface area contributed by atoms with Crippen LogP contribution in [0, 0.1) is 11.3 Å². The molecule has 12 heavy (non-hydrogen) atoms. The maximum absolute atomic E-state index is 8.30. The molecule has 0 saturated carbocycles. The number of hydrogen-bond acceptors (Lipinski definition) is 2. The van der Waals surface area contributed by atoms with Gasteiger partial charge >= 0.3 is 0 Å². The molecule has 1 aromatic carbocycles. The van der Waals surface area contributed by atoms with Crippen molar-refractivity contribution in [2.24, 2.45) is 0 Å². The van der Waals surface area contributed by atoms with Crippen molar-refractivity contribution in [3.8, 4) is 6.07 Å². The fourth-order valence-electron chi connectivity index (χ4n) is 0.841. The number of halogens is 1. The van der Waals surface area contributed by atoms with Gasteiger partial charge in [0.1, 0.15) is 0 Å². The number of nitrogens with zero attached hydrogens (tertiary/aromatic N) is 1. The summed E-state index contributed by atoms with van der Waals surface area (Å²) in [5, 5.41) is 9.06. The third-order valence-electron chi connectivity index (χ3n) is 1.32. The minimum atomic E-state index is 0.534. The molecule has 1 nitrogen and oxygen atoms in total. The van der Waals surface area contributed by atoms with Gasteiger partial charge in [0.2, 0.25) is 0 Å². The molecule has 0 aromatic heterocycles. The highest BCUT2D eigenvalue weighted by atomic mass is 35.5. The second-order valence-corrected chi connectivity index (χ2v) is 3.70. The topological polar surface area (TPSA) is 23.8 Å². The van der Waals surface area contributed by atoms with E-state index in [0.717, 1.165) is 10.8 Å². The van der Waals surface area contributed by atoms with E-state index in [9.17, 15) is 0 Å². The first-order valence-electron chi connectivity index (χ1n) is 3.52. The van der Waals surface area contributed by atoms with Gasteiger partial charge in [-0.3, -0.25) is 0 Å². The quantitative estimate of drug-likeness (QED) is 0.696. The van der Waals surface area contributed by atoms with Crippen molar-refractivity contribution < 1.29 is 0 Å². The van der Waals surface area contributed by atoms with Crippen LogP contribution in [-0.4, -0.2) is 5.75 Å². The zero-order valence-electron chi connectivity index (χ0n) is 6.46. The van der Waals surface area contributed by atoms with Gasteiger partial charge in [0.05, 0.1) is 11.8 Å². The van der Waals surface area contributed by atoms with Crippen LogP contribution in [0.4, 0.5) is 0 Å². The molecule has 0 radical (unpaired) electrons. The Hall–Kier alpha value is -0.650. The molecule has 1 rings (SSSR count). The monoisotopic (exact) mass is 197 g/mol. The second kappa shape index (κ2) is 5.08. The number of rotatable bonds is 3. The molecule has 62 valence electrons. The largest absolute Gasteiger partial charge is 0.197 e. The maximum atomic E-state index is 8.30. The fraction of sp³-hybridized carbons (Fsp3) is 0.222. The molecule has 3 heteroatoms. The van der Waals surface area contributed by atoms with Crippen LogP contribution in [0.25, 0.3) is 0 Å². The second-order valence-electron chi connectivity index (χ2n) is 2.28. The molecule has 0 saturated heterocycles. The van der Waals surface area contributed by atoms with E-state index >= 15 is 0 Å². The molecule has 0 aliphatic rings. The third kappa shape index (κ3) is 3.17. The predicted octanol–water partition coefficient (Wildman–Crippen LogP) is 3.10. The van der Waals surface area contributed by atoms with Gasteiger partial charge < -0.3 is 0 Å². The summed E-state index contributed by atoms with van der Waals surface area (Å²) in [4.78, 5) is 0. The van der Waals surface area contributed by atoms with E-state index in [1.54, 1.807) is 11.8 Å². The molecule has 0 fully saturated rings. The lowest BCUT2D eigenvalue weighted by atomic mass is 10.2. The zero-order valence-corrected chi connectivity index (χ0v) is 8.03. The summed E-state index contributed by atoms with van der Waals surface area (Å²) in [6.45, 7) is 0. The van der Waals surface area contributed by atoms with Crippen molar-refractivity contribution in [1.82, 2.24) is 0 Å². The molecule has 0 heterocycles. The van der Waals surface area contributed by atoms with E-state index in [0.29, 0.717) is 5.75 Å². The Bertz CT molecular complexity index is 293. The smallest absolute Gasteiger partial charge is 0.0811 e. The molecule has 0 unspecified atom stereocenters. The van der Waals surface area contributed by atoms with E-state index in [-0.39, 0.29) is 0 Å². The highest BCUT2D eigenvalue weighted by Crippen LogP contribution is 2.15. The Kier molecular flexibility index (Phi) is 3.99. The van der Waals surface area contributed by atoms with Gasteiger partial charge in [-0.2, -0.15) is 5.26 Å². The first-order valence-corrected chi connectivity index (χ1v) is 5.05. The third-order valence-corrected chi connectivity index (χ3v) is 2.43. The summed E-state index contributed by atoms with van der Waals surface area (Å²) >= 11 is 7.38. The number of benzene rings is 1. The summed E-state index contributed by atoms with van der Waals surface area (Å²) in [6.07, 6.45) is 0. The van der Waals surface area contributed by atoms with Crippen LogP contribution in [0.1, 0.15) is 5.56 Å². The van der Waals surface area contributed by atoms with E-state index < -0.39 is 0 Å². The zero-order chi connectivity index (χ0) is 8.81. The summed E-state index contributed by atoms with van der Waals surface area (Å²) in [7, 11) is 0. The highest BCUT2D eigenvalue weighted by molar-refractivity contribution is 7.98. The minimum Gasteiger partial charge on any atom is -0.197 e. The predicted molar refractivity (Wildman–Crippen MR) is 53.2 cm³/mol. The molecule has 0 amide bonds. The van der Waals surface area contributed by atoms with Gasteiger partial charge in [-0.1, -0.05) is 23.7 Å². The fourth-order valence-corrected chi connectivity index (χ4v) is 1.66. The number of thioether (sulfide) groups is 1. The van der Waals surface area contributed by atoms with Gasteiger partial charge in [-0.05, 0) is 17.7 Å². The summed E-state index contributed by atoms with van der Waals surface area (Å²) < 4.78 is 0. The van der Waals surface area contributed by atoms with Crippen LogP contribution in [0.15, 0.2) is 24.3 Å². The van der Waals surface area contributed by atoms with Crippen LogP contribution < -0.4 is 0 Å². The van der Waals surface area contributed by atoms with Crippen LogP contribution in [0.2, 0.25) is 5.02 Å². The lowest BCUT2D eigenvalue weighted by molar-refractivity contribution is 1.41. The summed E-state index contributed by atoms with van der Waals surface area (Å²) in [5.41, 5.74) is 1.17. The van der Waals surface area contributed by atoms with Gasteiger partial charge in [-0.25, -0.2) is 0 Å². The minimum absolute atomic E-state index is 0.534. The van der Waals surface area contributed by atoms with E-state index in [2.05, 4.69) is 6.07 Å². The summed E-state index contributed by atoms with van der Waals surface area (Å²) in [6, 6.07) is 9.78. The Balaban J connectivity index is 2.48. The van der Waals surface area contributed by atoms with E-state index in [1.165, 1.54) is 5.56 Å². The lowest BCUT2D eigenvalue weighted by Gasteiger charge is -1.98. The van der Waals surface area contributed by atoms with E-state index in [1.807, 2.05) is 24.3 Å². The Morgan fingerprint density at radius 2 is 2.33 bits per heavy atom. The number of nitriles is 1. The Morgan fingerprint density at radius 1 is 1.50 bits per heavy atom. The lowest BCUT2D eigenvalue weighted by Crippen LogP contribution is -1.80. The van der Waals surface area contributed by atoms with Crippen molar-refractivity contribution in [2.45, 2.75) is 5.75 Å². The van der Waals surface area contributed by atoms with Crippen LogP contribution >= 0.6 is 23.4 Å². The highest BCUT2D eigenvalue weighted by Gasteiger charge is 1.93. The first kappa shape index (κ1) is 9.44. The van der Waals surface area contributed by atoms with Crippen molar-refractivity contribution in [1.29, 1.82) is 5.26 Å². The van der Waals surface area contributed by atoms with Gasteiger partial charge in [0.25, 0.3) is 0 Å². The maximum Gasteiger partial charge on any atom is 0.0811 e. The van der Waals surface area contributed by atoms with Crippen molar-refractivity contribution in [2.75, 3.05) is 5.75 Å². The molecule has 0 aliphatic carbocycles. The molecular weight excluding hydrogens is 190 g/mol. The van der Waals surface area contributed by atoms with Gasteiger partial charge in [0, 0.05) is 10.8 Å². The molecule has 0 aliphatic heterocycles.